The standard InChI is InChI=1S/C21H21F2NO4/c1-12-4-5-13(2)16(10-12)19(25)8-9-20(26)28-14(3)21(27)24-18-11-15(22)6-7-17(18)23/h4-7,10-11,14H,8-9H2,1-3H3,(H,24,27)/t14-/m0/s1. The number of amides is 1. The summed E-state index contributed by atoms with van der Waals surface area (Å²) in [5.41, 5.74) is 1.94. The average Bonchev–Trinajstić information content (AvgIpc) is 2.64. The Kier molecular flexibility index (Phi) is 6.98. The van der Waals surface area contributed by atoms with Gasteiger partial charge in [0.05, 0.1) is 12.1 Å². The SMILES string of the molecule is Cc1ccc(C)c(C(=O)CCC(=O)O[C@@H](C)C(=O)Nc2cc(F)ccc2F)c1. The second-order valence-corrected chi connectivity index (χ2v) is 6.49. The molecule has 0 radical (unpaired) electrons. The molecular formula is C21H21F2NO4. The van der Waals surface area contributed by atoms with Crippen LogP contribution < -0.4 is 5.32 Å². The topological polar surface area (TPSA) is 72.5 Å². The van der Waals surface area contributed by atoms with E-state index in [-0.39, 0.29) is 24.3 Å². The lowest BCUT2D eigenvalue weighted by atomic mass is 9.99. The fourth-order valence-corrected chi connectivity index (χ4v) is 2.52. The van der Waals surface area contributed by atoms with Crippen LogP contribution in [0.15, 0.2) is 36.4 Å². The average molecular weight is 389 g/mol. The summed E-state index contributed by atoms with van der Waals surface area (Å²) in [6.07, 6.45) is -1.49. The van der Waals surface area contributed by atoms with Crippen molar-refractivity contribution in [2.24, 2.45) is 0 Å². The number of esters is 1. The first-order valence-electron chi connectivity index (χ1n) is 8.73. The first-order chi connectivity index (χ1) is 13.2. The maximum atomic E-state index is 13.6. The van der Waals surface area contributed by atoms with Gasteiger partial charge in [0.25, 0.3) is 5.91 Å². The number of Topliss-reactive ketones (excluding diaryl/α,β-unsaturated/α-hetero) is 1. The third kappa shape index (κ3) is 5.70. The fraction of sp³-hybridized carbons (Fsp3) is 0.286. The molecule has 0 aliphatic rings. The third-order valence-corrected chi connectivity index (χ3v) is 4.11. The number of benzene rings is 2. The van der Waals surface area contributed by atoms with Crippen molar-refractivity contribution in [1.29, 1.82) is 0 Å². The van der Waals surface area contributed by atoms with Gasteiger partial charge in [-0.3, -0.25) is 14.4 Å². The van der Waals surface area contributed by atoms with Crippen LogP contribution in [0.4, 0.5) is 14.5 Å². The van der Waals surface area contributed by atoms with E-state index in [1.165, 1.54) is 6.92 Å². The molecule has 0 aliphatic heterocycles. The van der Waals surface area contributed by atoms with Crippen molar-refractivity contribution in [3.63, 3.8) is 0 Å². The van der Waals surface area contributed by atoms with E-state index in [1.807, 2.05) is 26.0 Å². The lowest BCUT2D eigenvalue weighted by molar-refractivity contribution is -0.153. The minimum absolute atomic E-state index is 0.0595. The predicted octanol–water partition coefficient (Wildman–Crippen LogP) is 4.11. The Morgan fingerprint density at radius 2 is 1.75 bits per heavy atom. The van der Waals surface area contributed by atoms with Crippen molar-refractivity contribution in [2.45, 2.75) is 39.7 Å². The van der Waals surface area contributed by atoms with Gasteiger partial charge in [-0.15, -0.1) is 0 Å². The summed E-state index contributed by atoms with van der Waals surface area (Å²) in [6.45, 7) is 4.98. The van der Waals surface area contributed by atoms with Crippen molar-refractivity contribution >= 4 is 23.3 Å². The van der Waals surface area contributed by atoms with E-state index in [2.05, 4.69) is 5.32 Å². The molecule has 2 rings (SSSR count). The van der Waals surface area contributed by atoms with E-state index in [9.17, 15) is 23.2 Å². The monoisotopic (exact) mass is 389 g/mol. The molecule has 28 heavy (non-hydrogen) atoms. The molecule has 0 aromatic heterocycles. The number of nitrogens with one attached hydrogen (secondary N) is 1. The zero-order valence-corrected chi connectivity index (χ0v) is 15.8. The van der Waals surface area contributed by atoms with Crippen LogP contribution in [0.3, 0.4) is 0 Å². The molecule has 2 aromatic carbocycles. The Hall–Kier alpha value is -3.09. The van der Waals surface area contributed by atoms with E-state index in [1.54, 1.807) is 6.07 Å². The van der Waals surface area contributed by atoms with Crippen molar-refractivity contribution in [2.75, 3.05) is 5.32 Å². The summed E-state index contributed by atoms with van der Waals surface area (Å²) < 4.78 is 31.7. The molecular weight excluding hydrogens is 368 g/mol. The minimum atomic E-state index is -1.23. The van der Waals surface area contributed by atoms with Gasteiger partial charge in [0.15, 0.2) is 11.9 Å². The molecule has 1 amide bonds. The third-order valence-electron chi connectivity index (χ3n) is 4.11. The number of carbonyl (C=O) groups is 3. The molecule has 0 unspecified atom stereocenters. The highest BCUT2D eigenvalue weighted by Gasteiger charge is 2.20. The Bertz CT molecular complexity index is 911. The number of hydrogen-bond donors (Lipinski definition) is 1. The molecule has 1 atom stereocenters. The number of anilines is 1. The highest BCUT2D eigenvalue weighted by Crippen LogP contribution is 2.17. The number of ether oxygens (including phenoxy) is 1. The molecule has 0 heterocycles. The molecule has 0 spiro atoms. The first kappa shape index (κ1) is 21.2. The summed E-state index contributed by atoms with van der Waals surface area (Å²) in [7, 11) is 0. The summed E-state index contributed by atoms with van der Waals surface area (Å²) in [5, 5.41) is 2.16. The Morgan fingerprint density at radius 1 is 1.04 bits per heavy atom. The number of carbonyl (C=O) groups excluding carboxylic acids is 3. The summed E-state index contributed by atoms with van der Waals surface area (Å²) >= 11 is 0. The maximum Gasteiger partial charge on any atom is 0.307 e. The van der Waals surface area contributed by atoms with Gasteiger partial charge in [-0.25, -0.2) is 8.78 Å². The van der Waals surface area contributed by atoms with E-state index in [0.717, 1.165) is 29.3 Å². The smallest absolute Gasteiger partial charge is 0.307 e. The first-order valence-corrected chi connectivity index (χ1v) is 8.73. The molecule has 2 aromatic rings. The normalized spacial score (nSPS) is 11.6. The fourth-order valence-electron chi connectivity index (χ4n) is 2.52. The number of ketones is 1. The van der Waals surface area contributed by atoms with Gasteiger partial charge in [0.2, 0.25) is 0 Å². The number of hydrogen-bond acceptors (Lipinski definition) is 4. The van der Waals surface area contributed by atoms with Crippen molar-refractivity contribution in [3.8, 4) is 0 Å². The zero-order chi connectivity index (χ0) is 20.8. The van der Waals surface area contributed by atoms with Gasteiger partial charge >= 0.3 is 5.97 Å². The van der Waals surface area contributed by atoms with Crippen LogP contribution in [-0.4, -0.2) is 23.8 Å². The van der Waals surface area contributed by atoms with Gasteiger partial charge in [-0.05, 0) is 44.5 Å². The molecule has 0 bridgehead atoms. The van der Waals surface area contributed by atoms with E-state index >= 15 is 0 Å². The molecule has 5 nitrogen and oxygen atoms in total. The molecule has 0 fully saturated rings. The highest BCUT2D eigenvalue weighted by molar-refractivity contribution is 5.99. The highest BCUT2D eigenvalue weighted by atomic mass is 19.1. The van der Waals surface area contributed by atoms with Crippen LogP contribution in [0.5, 0.6) is 0 Å². The van der Waals surface area contributed by atoms with Gasteiger partial charge in [0.1, 0.15) is 11.6 Å². The van der Waals surface area contributed by atoms with Crippen molar-refractivity contribution < 1.29 is 27.9 Å². The number of halogens is 2. The lowest BCUT2D eigenvalue weighted by Crippen LogP contribution is -2.30. The minimum Gasteiger partial charge on any atom is -0.453 e. The lowest BCUT2D eigenvalue weighted by Gasteiger charge is -2.14. The summed E-state index contributed by atoms with van der Waals surface area (Å²) in [5.74, 6) is -3.27. The van der Waals surface area contributed by atoms with Crippen LogP contribution >= 0.6 is 0 Å². The Balaban J connectivity index is 1.88. The Morgan fingerprint density at radius 3 is 2.46 bits per heavy atom. The number of aryl methyl sites for hydroxylation is 2. The molecule has 0 aliphatic carbocycles. The van der Waals surface area contributed by atoms with Crippen molar-refractivity contribution in [3.05, 3.63) is 64.7 Å². The van der Waals surface area contributed by atoms with Crippen LogP contribution in [0.1, 0.15) is 41.3 Å². The van der Waals surface area contributed by atoms with Crippen LogP contribution in [-0.2, 0) is 14.3 Å². The van der Waals surface area contributed by atoms with Gasteiger partial charge in [-0.2, -0.15) is 0 Å². The van der Waals surface area contributed by atoms with Gasteiger partial charge in [0, 0.05) is 18.1 Å². The van der Waals surface area contributed by atoms with E-state index in [0.29, 0.717) is 5.56 Å². The Labute approximate surface area is 161 Å². The summed E-state index contributed by atoms with van der Waals surface area (Å²) in [4.78, 5) is 36.2. The predicted molar refractivity (Wildman–Crippen MR) is 100 cm³/mol. The largest absolute Gasteiger partial charge is 0.453 e. The maximum absolute atomic E-state index is 13.6. The van der Waals surface area contributed by atoms with Crippen LogP contribution in [0.25, 0.3) is 0 Å². The molecule has 148 valence electrons. The number of rotatable bonds is 7. The molecule has 7 heteroatoms. The summed E-state index contributed by atoms with van der Waals surface area (Å²) in [6, 6.07) is 8.10. The van der Waals surface area contributed by atoms with Crippen LogP contribution in [0.2, 0.25) is 0 Å². The molecule has 0 saturated heterocycles. The van der Waals surface area contributed by atoms with Gasteiger partial charge in [-0.1, -0.05) is 17.7 Å². The van der Waals surface area contributed by atoms with Crippen LogP contribution in [0, 0.1) is 25.5 Å². The second kappa shape index (κ2) is 9.21. The van der Waals surface area contributed by atoms with Gasteiger partial charge < -0.3 is 10.1 Å². The molecule has 0 saturated carbocycles. The molecule has 1 N–H and O–H groups in total. The van der Waals surface area contributed by atoms with E-state index < -0.39 is 29.6 Å². The quantitative estimate of drug-likeness (QED) is 0.571. The zero-order valence-electron chi connectivity index (χ0n) is 15.8. The van der Waals surface area contributed by atoms with Crippen molar-refractivity contribution in [1.82, 2.24) is 0 Å². The second-order valence-electron chi connectivity index (χ2n) is 6.49. The van der Waals surface area contributed by atoms with E-state index in [4.69, 9.17) is 4.74 Å².